The van der Waals surface area contributed by atoms with Gasteiger partial charge in [0.15, 0.2) is 0 Å². The SMILES string of the molecule is Cc1ccc(C(=O)Oc2cccc3ccccc23)cc1C(=O)O. The molecule has 0 aromatic heterocycles. The van der Waals surface area contributed by atoms with Crippen molar-refractivity contribution in [1.29, 1.82) is 0 Å². The van der Waals surface area contributed by atoms with Gasteiger partial charge in [-0.05, 0) is 36.1 Å². The third-order valence-electron chi connectivity index (χ3n) is 3.66. The van der Waals surface area contributed by atoms with E-state index < -0.39 is 11.9 Å². The van der Waals surface area contributed by atoms with Crippen LogP contribution in [0.2, 0.25) is 0 Å². The summed E-state index contributed by atoms with van der Waals surface area (Å²) in [6.45, 7) is 1.68. The highest BCUT2D eigenvalue weighted by Crippen LogP contribution is 2.26. The molecule has 0 aliphatic heterocycles. The number of hydrogen-bond acceptors (Lipinski definition) is 3. The Labute approximate surface area is 132 Å². The number of fused-ring (bicyclic) bond motifs is 1. The van der Waals surface area contributed by atoms with Gasteiger partial charge in [0.05, 0.1) is 11.1 Å². The summed E-state index contributed by atoms with van der Waals surface area (Å²) in [5, 5.41) is 10.9. The van der Waals surface area contributed by atoms with Crippen LogP contribution < -0.4 is 4.74 Å². The maximum absolute atomic E-state index is 12.3. The fourth-order valence-corrected chi connectivity index (χ4v) is 2.42. The highest BCUT2D eigenvalue weighted by atomic mass is 16.5. The predicted octanol–water partition coefficient (Wildman–Crippen LogP) is 4.07. The van der Waals surface area contributed by atoms with Crippen LogP contribution in [0.3, 0.4) is 0 Å². The van der Waals surface area contributed by atoms with Crippen LogP contribution in [0.15, 0.2) is 60.7 Å². The van der Waals surface area contributed by atoms with E-state index in [1.54, 1.807) is 25.1 Å². The molecule has 1 N–H and O–H groups in total. The van der Waals surface area contributed by atoms with Gasteiger partial charge in [0.1, 0.15) is 5.75 Å². The van der Waals surface area contributed by atoms with Gasteiger partial charge >= 0.3 is 11.9 Å². The van der Waals surface area contributed by atoms with Crippen LogP contribution in [0, 0.1) is 6.92 Å². The van der Waals surface area contributed by atoms with Crippen molar-refractivity contribution in [2.24, 2.45) is 0 Å². The second-order valence-corrected chi connectivity index (χ2v) is 5.20. The van der Waals surface area contributed by atoms with E-state index in [9.17, 15) is 9.59 Å². The summed E-state index contributed by atoms with van der Waals surface area (Å²) in [4.78, 5) is 23.5. The van der Waals surface area contributed by atoms with Gasteiger partial charge in [0.25, 0.3) is 0 Å². The lowest BCUT2D eigenvalue weighted by Crippen LogP contribution is -2.11. The molecule has 0 radical (unpaired) electrons. The minimum Gasteiger partial charge on any atom is -0.478 e. The molecule has 23 heavy (non-hydrogen) atoms. The molecule has 3 aromatic rings. The summed E-state index contributed by atoms with van der Waals surface area (Å²) in [5.41, 5.74) is 0.900. The van der Waals surface area contributed by atoms with Gasteiger partial charge in [-0.25, -0.2) is 9.59 Å². The summed E-state index contributed by atoms with van der Waals surface area (Å²) < 4.78 is 5.46. The minimum absolute atomic E-state index is 0.0948. The molecule has 0 unspecified atom stereocenters. The van der Waals surface area contributed by atoms with E-state index in [2.05, 4.69) is 0 Å². The van der Waals surface area contributed by atoms with Gasteiger partial charge in [-0.2, -0.15) is 0 Å². The molecule has 4 nitrogen and oxygen atoms in total. The number of carbonyl (C=O) groups is 2. The first-order chi connectivity index (χ1) is 11.1. The number of rotatable bonds is 3. The average Bonchev–Trinajstić information content (AvgIpc) is 2.55. The van der Waals surface area contributed by atoms with Crippen LogP contribution in [0.4, 0.5) is 0 Å². The van der Waals surface area contributed by atoms with Gasteiger partial charge in [-0.1, -0.05) is 42.5 Å². The summed E-state index contributed by atoms with van der Waals surface area (Å²) in [6, 6.07) is 17.5. The molecule has 0 aliphatic rings. The minimum atomic E-state index is -1.07. The van der Waals surface area contributed by atoms with Crippen molar-refractivity contribution in [3.05, 3.63) is 77.4 Å². The van der Waals surface area contributed by atoms with Gasteiger partial charge < -0.3 is 9.84 Å². The fourth-order valence-electron chi connectivity index (χ4n) is 2.42. The Morgan fingerprint density at radius 2 is 1.70 bits per heavy atom. The van der Waals surface area contributed by atoms with Crippen molar-refractivity contribution in [2.75, 3.05) is 0 Å². The van der Waals surface area contributed by atoms with Crippen molar-refractivity contribution in [2.45, 2.75) is 6.92 Å². The highest BCUT2D eigenvalue weighted by Gasteiger charge is 2.15. The van der Waals surface area contributed by atoms with Crippen LogP contribution >= 0.6 is 0 Å². The lowest BCUT2D eigenvalue weighted by Gasteiger charge is -2.09. The number of ether oxygens (including phenoxy) is 1. The first-order valence-electron chi connectivity index (χ1n) is 7.10. The van der Waals surface area contributed by atoms with Gasteiger partial charge in [0, 0.05) is 5.39 Å². The molecule has 114 valence electrons. The van der Waals surface area contributed by atoms with Gasteiger partial charge in [0.2, 0.25) is 0 Å². The number of benzene rings is 3. The van der Waals surface area contributed by atoms with Crippen molar-refractivity contribution >= 4 is 22.7 Å². The van der Waals surface area contributed by atoms with E-state index >= 15 is 0 Å². The van der Waals surface area contributed by atoms with Crippen LogP contribution in [-0.4, -0.2) is 17.0 Å². The van der Waals surface area contributed by atoms with E-state index in [1.165, 1.54) is 6.07 Å². The highest BCUT2D eigenvalue weighted by molar-refractivity contribution is 5.98. The topological polar surface area (TPSA) is 63.6 Å². The summed E-state index contributed by atoms with van der Waals surface area (Å²) in [7, 11) is 0. The smallest absolute Gasteiger partial charge is 0.343 e. The Kier molecular flexibility index (Phi) is 3.81. The third-order valence-corrected chi connectivity index (χ3v) is 3.66. The van der Waals surface area contributed by atoms with Crippen LogP contribution in [0.25, 0.3) is 10.8 Å². The fraction of sp³-hybridized carbons (Fsp3) is 0.0526. The second kappa shape index (κ2) is 5.93. The Bertz CT molecular complexity index is 907. The number of carbonyl (C=O) groups excluding carboxylic acids is 1. The molecule has 0 saturated heterocycles. The van der Waals surface area contributed by atoms with Crippen molar-refractivity contribution in [3.63, 3.8) is 0 Å². The molecule has 0 fully saturated rings. The normalized spacial score (nSPS) is 10.5. The largest absolute Gasteiger partial charge is 0.478 e. The average molecular weight is 306 g/mol. The molecule has 0 bridgehead atoms. The van der Waals surface area contributed by atoms with Crippen LogP contribution in [0.1, 0.15) is 26.3 Å². The zero-order valence-electron chi connectivity index (χ0n) is 12.4. The second-order valence-electron chi connectivity index (χ2n) is 5.20. The summed E-state index contributed by atoms with van der Waals surface area (Å²) >= 11 is 0. The predicted molar refractivity (Wildman–Crippen MR) is 87.0 cm³/mol. The Hall–Kier alpha value is -3.14. The number of carboxylic acid groups (broad SMARTS) is 1. The number of aromatic carboxylic acids is 1. The van der Waals surface area contributed by atoms with Crippen molar-refractivity contribution in [3.8, 4) is 5.75 Å². The summed E-state index contributed by atoms with van der Waals surface area (Å²) in [6.07, 6.45) is 0. The van der Waals surface area contributed by atoms with E-state index in [1.807, 2.05) is 36.4 Å². The van der Waals surface area contributed by atoms with Gasteiger partial charge in [-0.3, -0.25) is 0 Å². The molecule has 0 amide bonds. The number of esters is 1. The first kappa shape index (κ1) is 14.8. The van der Waals surface area contributed by atoms with Crippen molar-refractivity contribution in [1.82, 2.24) is 0 Å². The standard InChI is InChI=1S/C19H14O4/c1-12-9-10-14(11-16(12)18(20)21)19(22)23-17-8-4-6-13-5-2-3-7-15(13)17/h2-11H,1H3,(H,20,21). The molecule has 0 heterocycles. The molecule has 4 heteroatoms. The van der Waals surface area contributed by atoms with Crippen LogP contribution in [0.5, 0.6) is 5.75 Å². The quantitative estimate of drug-likeness (QED) is 0.585. The zero-order valence-corrected chi connectivity index (χ0v) is 12.4. The maximum Gasteiger partial charge on any atom is 0.343 e. The molecule has 0 atom stereocenters. The first-order valence-corrected chi connectivity index (χ1v) is 7.10. The lowest BCUT2D eigenvalue weighted by atomic mass is 10.1. The number of aryl methyl sites for hydroxylation is 1. The zero-order chi connectivity index (χ0) is 16.4. The van der Waals surface area contributed by atoms with Gasteiger partial charge in [-0.15, -0.1) is 0 Å². The number of hydrogen-bond donors (Lipinski definition) is 1. The van der Waals surface area contributed by atoms with Crippen molar-refractivity contribution < 1.29 is 19.4 Å². The van der Waals surface area contributed by atoms with Crippen LogP contribution in [-0.2, 0) is 0 Å². The summed E-state index contributed by atoms with van der Waals surface area (Å²) in [5.74, 6) is -1.20. The third kappa shape index (κ3) is 2.92. The monoisotopic (exact) mass is 306 g/mol. The molecule has 3 aromatic carbocycles. The lowest BCUT2D eigenvalue weighted by molar-refractivity contribution is 0.0696. The Morgan fingerprint density at radius 3 is 2.48 bits per heavy atom. The number of carboxylic acids is 1. The molecule has 0 spiro atoms. The van der Waals surface area contributed by atoms with E-state index in [4.69, 9.17) is 9.84 Å². The molecule has 0 saturated carbocycles. The maximum atomic E-state index is 12.3. The molecular formula is C19H14O4. The van der Waals surface area contributed by atoms with E-state index in [0.29, 0.717) is 11.3 Å². The molecule has 0 aliphatic carbocycles. The Morgan fingerprint density at radius 1 is 0.957 bits per heavy atom. The van der Waals surface area contributed by atoms with E-state index in [0.717, 1.165) is 10.8 Å². The molecule has 3 rings (SSSR count). The Balaban J connectivity index is 1.95. The molecular weight excluding hydrogens is 292 g/mol. The van der Waals surface area contributed by atoms with E-state index in [-0.39, 0.29) is 11.1 Å².